The van der Waals surface area contributed by atoms with E-state index < -0.39 is 5.60 Å². The molecule has 1 amide bonds. The smallest absolute Gasteiger partial charge is 0.248 e. The van der Waals surface area contributed by atoms with Gasteiger partial charge in [-0.3, -0.25) is 4.79 Å². The largest absolute Gasteiger partial charge is 0.385 e. The molecule has 5 rings (SSSR count). The molecule has 30 heavy (non-hydrogen) atoms. The first-order chi connectivity index (χ1) is 14.4. The average molecular weight is 469 g/mol. The number of primary amides is 1. The molecule has 158 valence electrons. The topological polar surface area (TPSA) is 66.6 Å². The maximum atomic E-state index is 11.6. The monoisotopic (exact) mass is 468 g/mol. The van der Waals surface area contributed by atoms with Gasteiger partial charge in [-0.25, -0.2) is 0 Å². The Kier molecular flexibility index (Phi) is 4.84. The Morgan fingerprint density at radius 1 is 1.13 bits per heavy atom. The van der Waals surface area contributed by atoms with Crippen molar-refractivity contribution in [2.75, 3.05) is 19.6 Å². The zero-order valence-corrected chi connectivity index (χ0v) is 18.9. The van der Waals surface area contributed by atoms with Gasteiger partial charge in [0, 0.05) is 35.1 Å². The number of hydrogen-bond acceptors (Lipinski definition) is 3. The summed E-state index contributed by atoms with van der Waals surface area (Å²) >= 11 is 3.51. The molecule has 0 radical (unpaired) electrons. The highest BCUT2D eigenvalue weighted by molar-refractivity contribution is 9.10. The summed E-state index contributed by atoms with van der Waals surface area (Å²) in [7, 11) is 0. The third kappa shape index (κ3) is 3.14. The van der Waals surface area contributed by atoms with Crippen molar-refractivity contribution in [2.24, 2.45) is 23.5 Å². The quantitative estimate of drug-likeness (QED) is 0.671. The minimum atomic E-state index is -0.667. The standard InChI is InChI=1S/C25H29BrN2O2/c1-2-25(19-7-3-5-17(9-19)23(27)29)21-14-28(15-22(21)25)13-16-11-24(30,12-16)18-6-4-8-20(26)10-18/h3-10,16,21-22,30H,2,11-15H2,1H3,(H2,27,29). The molecule has 2 unspecified atom stereocenters. The molecule has 0 aromatic heterocycles. The van der Waals surface area contributed by atoms with Crippen molar-refractivity contribution in [1.82, 2.24) is 4.90 Å². The van der Waals surface area contributed by atoms with Crippen LogP contribution in [0, 0.1) is 17.8 Å². The van der Waals surface area contributed by atoms with Gasteiger partial charge in [-0.1, -0.05) is 47.1 Å². The summed E-state index contributed by atoms with van der Waals surface area (Å²) in [5, 5.41) is 11.0. The van der Waals surface area contributed by atoms with Crippen LogP contribution in [0.5, 0.6) is 0 Å². The molecule has 3 fully saturated rings. The number of halogens is 1. The van der Waals surface area contributed by atoms with Crippen molar-refractivity contribution < 1.29 is 9.90 Å². The lowest BCUT2D eigenvalue weighted by Gasteiger charge is -2.46. The highest BCUT2D eigenvalue weighted by atomic mass is 79.9. The number of rotatable bonds is 6. The van der Waals surface area contributed by atoms with Gasteiger partial charge in [-0.05, 0) is 72.4 Å². The maximum absolute atomic E-state index is 11.6. The highest BCUT2D eigenvalue weighted by Gasteiger charge is 2.67. The van der Waals surface area contributed by atoms with Crippen LogP contribution in [0.4, 0.5) is 0 Å². The number of likely N-dealkylation sites (tertiary alicyclic amines) is 1. The molecule has 2 atom stereocenters. The molecule has 5 heteroatoms. The van der Waals surface area contributed by atoms with Crippen LogP contribution >= 0.6 is 15.9 Å². The lowest BCUT2D eigenvalue weighted by Crippen LogP contribution is -2.46. The number of aliphatic hydroxyl groups is 1. The molecule has 1 saturated heterocycles. The summed E-state index contributed by atoms with van der Waals surface area (Å²) < 4.78 is 1.02. The van der Waals surface area contributed by atoms with Gasteiger partial charge in [0.25, 0.3) is 0 Å². The number of hydrogen-bond donors (Lipinski definition) is 2. The van der Waals surface area contributed by atoms with E-state index in [1.54, 1.807) is 0 Å². The summed E-state index contributed by atoms with van der Waals surface area (Å²) in [6, 6.07) is 16.0. The van der Waals surface area contributed by atoms with Crippen LogP contribution in [-0.2, 0) is 11.0 Å². The van der Waals surface area contributed by atoms with Crippen molar-refractivity contribution in [1.29, 1.82) is 0 Å². The van der Waals surface area contributed by atoms with E-state index in [0.717, 1.165) is 48.9 Å². The van der Waals surface area contributed by atoms with E-state index in [-0.39, 0.29) is 11.3 Å². The number of carbonyl (C=O) groups excluding carboxylic acids is 1. The van der Waals surface area contributed by atoms with Crippen molar-refractivity contribution in [2.45, 2.75) is 37.2 Å². The van der Waals surface area contributed by atoms with Gasteiger partial charge in [0.15, 0.2) is 0 Å². The molecular weight excluding hydrogens is 440 g/mol. The van der Waals surface area contributed by atoms with Crippen molar-refractivity contribution in [3.05, 3.63) is 69.7 Å². The molecule has 0 bridgehead atoms. The Balaban J connectivity index is 1.20. The number of nitrogens with zero attached hydrogens (tertiary/aromatic N) is 1. The molecule has 1 heterocycles. The lowest BCUT2D eigenvalue weighted by atomic mass is 9.67. The van der Waals surface area contributed by atoms with Gasteiger partial charge in [0.1, 0.15) is 0 Å². The van der Waals surface area contributed by atoms with Crippen LogP contribution in [0.15, 0.2) is 53.0 Å². The van der Waals surface area contributed by atoms with E-state index in [1.807, 2.05) is 42.5 Å². The minimum Gasteiger partial charge on any atom is -0.385 e. The molecule has 2 aromatic carbocycles. The van der Waals surface area contributed by atoms with E-state index in [9.17, 15) is 9.90 Å². The summed E-state index contributed by atoms with van der Waals surface area (Å²) in [5.74, 6) is 1.53. The van der Waals surface area contributed by atoms with Crippen molar-refractivity contribution >= 4 is 21.8 Å². The fourth-order valence-electron chi connectivity index (χ4n) is 6.49. The average Bonchev–Trinajstić information content (AvgIpc) is 3.09. The van der Waals surface area contributed by atoms with Crippen LogP contribution in [0.25, 0.3) is 0 Å². The van der Waals surface area contributed by atoms with Gasteiger partial charge in [0.2, 0.25) is 5.91 Å². The first-order valence-electron chi connectivity index (χ1n) is 11.0. The first-order valence-corrected chi connectivity index (χ1v) is 11.8. The predicted octanol–water partition coefficient (Wildman–Crippen LogP) is 4.06. The van der Waals surface area contributed by atoms with Crippen LogP contribution < -0.4 is 5.73 Å². The van der Waals surface area contributed by atoms with Crippen LogP contribution in [0.3, 0.4) is 0 Å². The Hall–Kier alpha value is -1.69. The summed E-state index contributed by atoms with van der Waals surface area (Å²) in [6.45, 7) is 5.57. The van der Waals surface area contributed by atoms with Crippen molar-refractivity contribution in [3.63, 3.8) is 0 Å². The highest BCUT2D eigenvalue weighted by Crippen LogP contribution is 2.65. The Bertz CT molecular complexity index is 973. The second-order valence-electron chi connectivity index (χ2n) is 9.59. The van der Waals surface area contributed by atoms with Gasteiger partial charge >= 0.3 is 0 Å². The van der Waals surface area contributed by atoms with Crippen LogP contribution in [0.1, 0.15) is 47.7 Å². The maximum Gasteiger partial charge on any atom is 0.248 e. The molecular formula is C25H29BrN2O2. The molecule has 1 aliphatic heterocycles. The van der Waals surface area contributed by atoms with Gasteiger partial charge in [-0.15, -0.1) is 0 Å². The van der Waals surface area contributed by atoms with E-state index in [1.165, 1.54) is 5.56 Å². The lowest BCUT2D eigenvalue weighted by molar-refractivity contribution is -0.0872. The second-order valence-corrected chi connectivity index (χ2v) is 10.5. The van der Waals surface area contributed by atoms with Gasteiger partial charge < -0.3 is 15.7 Å². The minimum absolute atomic E-state index is 0.207. The number of carbonyl (C=O) groups is 1. The van der Waals surface area contributed by atoms with E-state index in [4.69, 9.17) is 5.73 Å². The number of fused-ring (bicyclic) bond motifs is 1. The number of nitrogens with two attached hydrogens (primary N) is 1. The predicted molar refractivity (Wildman–Crippen MR) is 121 cm³/mol. The van der Waals surface area contributed by atoms with Gasteiger partial charge in [0.05, 0.1) is 5.60 Å². The molecule has 2 saturated carbocycles. The van der Waals surface area contributed by atoms with E-state index in [0.29, 0.717) is 23.3 Å². The first kappa shape index (κ1) is 20.2. The summed E-state index contributed by atoms with van der Waals surface area (Å²) in [6.07, 6.45) is 2.79. The number of amides is 1. The molecule has 2 aromatic rings. The molecule has 0 spiro atoms. The fraction of sp³-hybridized carbons (Fsp3) is 0.480. The molecule has 3 aliphatic rings. The third-order valence-corrected chi connectivity index (χ3v) is 8.50. The fourth-order valence-corrected chi connectivity index (χ4v) is 6.89. The summed E-state index contributed by atoms with van der Waals surface area (Å²) in [5.41, 5.74) is 7.96. The number of piperidine rings is 1. The summed E-state index contributed by atoms with van der Waals surface area (Å²) in [4.78, 5) is 14.2. The van der Waals surface area contributed by atoms with Crippen molar-refractivity contribution in [3.8, 4) is 0 Å². The zero-order chi connectivity index (χ0) is 21.1. The van der Waals surface area contributed by atoms with E-state index in [2.05, 4.69) is 33.8 Å². The Labute approximate surface area is 186 Å². The molecule has 3 N–H and O–H groups in total. The SMILES string of the molecule is CCC1(c2cccc(C(N)=O)c2)C2CN(CC3CC(O)(c4cccc(Br)c4)C3)CC21. The Morgan fingerprint density at radius 2 is 1.80 bits per heavy atom. The van der Waals surface area contributed by atoms with Crippen LogP contribution in [0.2, 0.25) is 0 Å². The third-order valence-electron chi connectivity index (χ3n) is 8.01. The molecule has 2 aliphatic carbocycles. The van der Waals surface area contributed by atoms with Gasteiger partial charge in [-0.2, -0.15) is 0 Å². The Morgan fingerprint density at radius 3 is 2.43 bits per heavy atom. The second kappa shape index (κ2) is 7.18. The number of benzene rings is 2. The van der Waals surface area contributed by atoms with E-state index >= 15 is 0 Å². The normalized spacial score (nSPS) is 35.0. The van der Waals surface area contributed by atoms with Crippen LogP contribution in [-0.4, -0.2) is 35.5 Å². The molecule has 4 nitrogen and oxygen atoms in total. The zero-order valence-electron chi connectivity index (χ0n) is 17.4.